The third-order valence-corrected chi connectivity index (χ3v) is 2.55. The van der Waals surface area contributed by atoms with Crippen molar-refractivity contribution in [3.63, 3.8) is 0 Å². The predicted molar refractivity (Wildman–Crippen MR) is 76.5 cm³/mol. The smallest absolute Gasteiger partial charge is 0.324 e. The van der Waals surface area contributed by atoms with Crippen LogP contribution >= 0.6 is 0 Å². The van der Waals surface area contributed by atoms with Crippen LogP contribution in [-0.2, 0) is 0 Å². The lowest BCUT2D eigenvalue weighted by Crippen LogP contribution is -2.20. The van der Waals surface area contributed by atoms with Crippen LogP contribution in [0.5, 0.6) is 5.75 Å². The number of urea groups is 1. The Bertz CT molecular complexity index is 660. The van der Waals surface area contributed by atoms with Crippen LogP contribution in [0.4, 0.5) is 22.0 Å². The number of rotatable bonds is 4. The molecule has 0 fully saturated rings. The number of non-ortho nitro benzene ring substituents is 1. The van der Waals surface area contributed by atoms with E-state index in [1.807, 2.05) is 0 Å². The van der Waals surface area contributed by atoms with Crippen molar-refractivity contribution in [2.75, 3.05) is 17.7 Å². The van der Waals surface area contributed by atoms with Crippen molar-refractivity contribution < 1.29 is 14.5 Å². The second-order valence-corrected chi connectivity index (χ2v) is 3.94. The van der Waals surface area contributed by atoms with Crippen LogP contribution in [0.15, 0.2) is 42.6 Å². The molecule has 0 spiro atoms. The SMILES string of the molecule is COc1ccc([N+](=O)[O-])cc1NC(=O)Nc1ccccn1. The lowest BCUT2D eigenvalue weighted by Gasteiger charge is -2.10. The number of pyridine rings is 1. The van der Waals surface area contributed by atoms with E-state index in [0.29, 0.717) is 11.6 Å². The highest BCUT2D eigenvalue weighted by atomic mass is 16.6. The molecule has 0 radical (unpaired) electrons. The Morgan fingerprint density at radius 3 is 2.71 bits per heavy atom. The van der Waals surface area contributed by atoms with Crippen molar-refractivity contribution in [3.8, 4) is 5.75 Å². The fourth-order valence-corrected chi connectivity index (χ4v) is 1.61. The van der Waals surface area contributed by atoms with Gasteiger partial charge in [-0.05, 0) is 18.2 Å². The Hall–Kier alpha value is -3.16. The lowest BCUT2D eigenvalue weighted by atomic mass is 10.2. The molecule has 1 heterocycles. The first-order valence-electron chi connectivity index (χ1n) is 5.91. The number of hydrogen-bond donors (Lipinski definition) is 2. The summed E-state index contributed by atoms with van der Waals surface area (Å²) in [7, 11) is 1.41. The average molecular weight is 288 g/mol. The first-order valence-corrected chi connectivity index (χ1v) is 5.91. The number of nitrogens with zero attached hydrogens (tertiary/aromatic N) is 2. The van der Waals surface area contributed by atoms with Crippen LogP contribution in [-0.4, -0.2) is 23.0 Å². The molecule has 0 saturated heterocycles. The van der Waals surface area contributed by atoms with Crippen molar-refractivity contribution in [1.82, 2.24) is 4.98 Å². The van der Waals surface area contributed by atoms with Gasteiger partial charge in [0.15, 0.2) is 0 Å². The van der Waals surface area contributed by atoms with Gasteiger partial charge < -0.3 is 10.1 Å². The topological polar surface area (TPSA) is 106 Å². The molecule has 0 bridgehead atoms. The van der Waals surface area contributed by atoms with Crippen molar-refractivity contribution in [1.29, 1.82) is 0 Å². The molecule has 108 valence electrons. The first-order chi connectivity index (χ1) is 10.1. The van der Waals surface area contributed by atoms with E-state index in [2.05, 4.69) is 15.6 Å². The van der Waals surface area contributed by atoms with Gasteiger partial charge in [-0.15, -0.1) is 0 Å². The molecule has 2 N–H and O–H groups in total. The van der Waals surface area contributed by atoms with Crippen LogP contribution in [0, 0.1) is 10.1 Å². The summed E-state index contributed by atoms with van der Waals surface area (Å²) in [6.45, 7) is 0. The van der Waals surface area contributed by atoms with Crippen molar-refractivity contribution in [2.24, 2.45) is 0 Å². The summed E-state index contributed by atoms with van der Waals surface area (Å²) in [6.07, 6.45) is 1.53. The minimum Gasteiger partial charge on any atom is -0.495 e. The fraction of sp³-hybridized carbons (Fsp3) is 0.0769. The molecular weight excluding hydrogens is 276 g/mol. The average Bonchev–Trinajstić information content (AvgIpc) is 2.48. The summed E-state index contributed by atoms with van der Waals surface area (Å²) in [6, 6.07) is 8.40. The van der Waals surface area contributed by atoms with Gasteiger partial charge in [0.25, 0.3) is 5.69 Å². The van der Waals surface area contributed by atoms with Crippen molar-refractivity contribution >= 4 is 23.2 Å². The molecule has 2 aromatic rings. The maximum Gasteiger partial charge on any atom is 0.324 e. The van der Waals surface area contributed by atoms with Gasteiger partial charge >= 0.3 is 6.03 Å². The summed E-state index contributed by atoms with van der Waals surface area (Å²) in [5, 5.41) is 15.7. The normalized spacial score (nSPS) is 9.76. The molecule has 2 rings (SSSR count). The van der Waals surface area contributed by atoms with Gasteiger partial charge in [0.05, 0.1) is 17.7 Å². The number of methoxy groups -OCH3 is 1. The molecule has 0 aliphatic carbocycles. The van der Waals surface area contributed by atoms with Gasteiger partial charge in [-0.25, -0.2) is 9.78 Å². The highest BCUT2D eigenvalue weighted by Crippen LogP contribution is 2.28. The molecule has 8 nitrogen and oxygen atoms in total. The Morgan fingerprint density at radius 1 is 1.29 bits per heavy atom. The highest BCUT2D eigenvalue weighted by molar-refractivity contribution is 6.00. The molecule has 0 aliphatic rings. The zero-order chi connectivity index (χ0) is 15.2. The maximum atomic E-state index is 11.8. The van der Waals surface area contributed by atoms with Gasteiger partial charge in [-0.3, -0.25) is 15.4 Å². The summed E-state index contributed by atoms with van der Waals surface area (Å²) in [5.41, 5.74) is 0.0454. The van der Waals surface area contributed by atoms with E-state index in [4.69, 9.17) is 4.74 Å². The third-order valence-electron chi connectivity index (χ3n) is 2.55. The van der Waals surface area contributed by atoms with Gasteiger partial charge in [0, 0.05) is 18.3 Å². The van der Waals surface area contributed by atoms with E-state index < -0.39 is 11.0 Å². The molecule has 0 aliphatic heterocycles. The third kappa shape index (κ3) is 3.66. The summed E-state index contributed by atoms with van der Waals surface area (Å²) >= 11 is 0. The molecule has 0 unspecified atom stereocenters. The van der Waals surface area contributed by atoms with Crippen LogP contribution in [0.1, 0.15) is 0 Å². The number of nitro benzene ring substituents is 1. The quantitative estimate of drug-likeness (QED) is 0.664. The number of anilines is 2. The number of ether oxygens (including phenoxy) is 1. The van der Waals surface area contributed by atoms with E-state index in [9.17, 15) is 14.9 Å². The van der Waals surface area contributed by atoms with Crippen molar-refractivity contribution in [2.45, 2.75) is 0 Å². The zero-order valence-corrected chi connectivity index (χ0v) is 11.1. The molecule has 2 amide bonds. The molecule has 0 atom stereocenters. The van der Waals surface area contributed by atoms with E-state index in [0.717, 1.165) is 0 Å². The monoisotopic (exact) mass is 288 g/mol. The predicted octanol–water partition coefficient (Wildman–Crippen LogP) is 2.64. The highest BCUT2D eigenvalue weighted by Gasteiger charge is 2.13. The van der Waals surface area contributed by atoms with Crippen LogP contribution in [0.3, 0.4) is 0 Å². The van der Waals surface area contributed by atoms with Gasteiger partial charge in [-0.2, -0.15) is 0 Å². The van der Waals surface area contributed by atoms with E-state index in [-0.39, 0.29) is 11.4 Å². The van der Waals surface area contributed by atoms with E-state index >= 15 is 0 Å². The number of nitrogens with one attached hydrogen (secondary N) is 2. The fourth-order valence-electron chi connectivity index (χ4n) is 1.61. The summed E-state index contributed by atoms with van der Waals surface area (Å²) < 4.78 is 5.05. The number of carbonyl (C=O) groups is 1. The Morgan fingerprint density at radius 2 is 2.10 bits per heavy atom. The number of amides is 2. The molecule has 8 heteroatoms. The van der Waals surface area contributed by atoms with Gasteiger partial charge in [0.2, 0.25) is 0 Å². The number of carbonyl (C=O) groups excluding carboxylic acids is 1. The standard InChI is InChI=1S/C13H12N4O4/c1-21-11-6-5-9(17(19)20)8-10(11)15-13(18)16-12-4-2-3-7-14-12/h2-8H,1H3,(H2,14,15,16,18). The molecule has 1 aromatic heterocycles. The molecule has 0 saturated carbocycles. The number of aromatic nitrogens is 1. The Kier molecular flexibility index (Phi) is 4.30. The van der Waals surface area contributed by atoms with Crippen LogP contribution in [0.25, 0.3) is 0 Å². The number of hydrogen-bond acceptors (Lipinski definition) is 5. The second kappa shape index (κ2) is 6.33. The zero-order valence-electron chi connectivity index (χ0n) is 11.1. The molecule has 21 heavy (non-hydrogen) atoms. The van der Waals surface area contributed by atoms with E-state index in [1.165, 1.54) is 31.5 Å². The van der Waals surface area contributed by atoms with Crippen LogP contribution in [0.2, 0.25) is 0 Å². The Labute approximate surface area is 119 Å². The summed E-state index contributed by atoms with van der Waals surface area (Å²) in [5.74, 6) is 0.677. The van der Waals surface area contributed by atoms with E-state index in [1.54, 1.807) is 18.2 Å². The molecule has 1 aromatic carbocycles. The van der Waals surface area contributed by atoms with Gasteiger partial charge in [0.1, 0.15) is 11.6 Å². The van der Waals surface area contributed by atoms with Crippen LogP contribution < -0.4 is 15.4 Å². The number of benzene rings is 1. The second-order valence-electron chi connectivity index (χ2n) is 3.94. The Balaban J connectivity index is 2.16. The summed E-state index contributed by atoms with van der Waals surface area (Å²) in [4.78, 5) is 26.0. The number of nitro groups is 1. The lowest BCUT2D eigenvalue weighted by molar-refractivity contribution is -0.384. The maximum absolute atomic E-state index is 11.8. The largest absolute Gasteiger partial charge is 0.495 e. The minimum atomic E-state index is -0.576. The molecular formula is C13H12N4O4. The van der Waals surface area contributed by atoms with Crippen molar-refractivity contribution in [3.05, 3.63) is 52.7 Å². The van der Waals surface area contributed by atoms with Gasteiger partial charge in [-0.1, -0.05) is 6.07 Å². The minimum absolute atomic E-state index is 0.149. The first kappa shape index (κ1) is 14.3.